The van der Waals surface area contributed by atoms with Gasteiger partial charge in [0.15, 0.2) is 0 Å². The van der Waals surface area contributed by atoms with E-state index in [0.29, 0.717) is 42.4 Å². The molecule has 1 N–H and O–H groups in total. The van der Waals surface area contributed by atoms with Crippen LogP contribution in [-0.4, -0.2) is 62.6 Å². The molecule has 0 saturated carbocycles. The number of rotatable bonds is 5. The number of hydrogen-bond acceptors (Lipinski definition) is 6. The topological polar surface area (TPSA) is 96.2 Å². The molecule has 0 bridgehead atoms. The SMILES string of the molecule is Cc1ccc(C(=O)Nc2cnn(-c3ccc(C(=O)N4CCCN(c5ncccn5)CC4)cc3)c2)c(C)c1. The highest BCUT2D eigenvalue weighted by atomic mass is 16.2. The fraction of sp³-hybridized carbons (Fsp3) is 0.250. The maximum Gasteiger partial charge on any atom is 0.256 e. The predicted octanol–water partition coefficient (Wildman–Crippen LogP) is 3.88. The summed E-state index contributed by atoms with van der Waals surface area (Å²) in [7, 11) is 0. The average Bonchev–Trinajstić information content (AvgIpc) is 3.23. The number of carbonyl (C=O) groups excluding carboxylic acids is 2. The number of hydrogen-bond donors (Lipinski definition) is 1. The standard InChI is InChI=1S/C28H29N7O2/c1-20-5-10-25(21(2)17-20)26(36)32-23-18-31-35(19-23)24-8-6-22(7-9-24)27(37)33-13-4-14-34(16-15-33)28-29-11-3-12-30-28/h3,5-12,17-19H,4,13-16H2,1-2H3,(H,32,36). The zero-order chi connectivity index (χ0) is 25.8. The summed E-state index contributed by atoms with van der Waals surface area (Å²) in [5.41, 5.74) is 4.70. The van der Waals surface area contributed by atoms with Crippen LogP contribution in [0.15, 0.2) is 73.3 Å². The Morgan fingerprint density at radius 3 is 2.46 bits per heavy atom. The van der Waals surface area contributed by atoms with E-state index in [-0.39, 0.29) is 11.8 Å². The Morgan fingerprint density at radius 2 is 1.70 bits per heavy atom. The van der Waals surface area contributed by atoms with Crippen LogP contribution in [0.4, 0.5) is 11.6 Å². The van der Waals surface area contributed by atoms with Gasteiger partial charge >= 0.3 is 0 Å². The first kappa shape index (κ1) is 24.2. The van der Waals surface area contributed by atoms with Gasteiger partial charge in [-0.1, -0.05) is 17.7 Å². The Hall–Kier alpha value is -4.53. The summed E-state index contributed by atoms with van der Waals surface area (Å²) in [6, 6.07) is 14.9. The molecule has 5 rings (SSSR count). The molecule has 1 aliphatic rings. The summed E-state index contributed by atoms with van der Waals surface area (Å²) in [6.45, 7) is 6.73. The molecule has 0 atom stereocenters. The summed E-state index contributed by atoms with van der Waals surface area (Å²) >= 11 is 0. The third-order valence-electron chi connectivity index (χ3n) is 6.46. The summed E-state index contributed by atoms with van der Waals surface area (Å²) in [6.07, 6.45) is 7.69. The van der Waals surface area contributed by atoms with Crippen LogP contribution in [0.5, 0.6) is 0 Å². The molecule has 2 aromatic heterocycles. The zero-order valence-corrected chi connectivity index (χ0v) is 21.0. The second-order valence-electron chi connectivity index (χ2n) is 9.17. The van der Waals surface area contributed by atoms with Crippen LogP contribution in [0.2, 0.25) is 0 Å². The van der Waals surface area contributed by atoms with E-state index >= 15 is 0 Å². The Bertz CT molecular complexity index is 1400. The van der Waals surface area contributed by atoms with E-state index in [1.807, 2.05) is 61.2 Å². The van der Waals surface area contributed by atoms with Gasteiger partial charge in [0.1, 0.15) is 0 Å². The minimum Gasteiger partial charge on any atom is -0.339 e. The van der Waals surface area contributed by atoms with Crippen LogP contribution >= 0.6 is 0 Å². The Labute approximate surface area is 215 Å². The Morgan fingerprint density at radius 1 is 0.919 bits per heavy atom. The molecular weight excluding hydrogens is 466 g/mol. The van der Waals surface area contributed by atoms with E-state index in [1.54, 1.807) is 35.5 Å². The van der Waals surface area contributed by atoms with Crippen LogP contribution in [0.3, 0.4) is 0 Å². The molecule has 9 nitrogen and oxygen atoms in total. The first-order valence-electron chi connectivity index (χ1n) is 12.3. The van der Waals surface area contributed by atoms with Crippen LogP contribution in [0.25, 0.3) is 5.69 Å². The van der Waals surface area contributed by atoms with Crippen molar-refractivity contribution in [3.05, 3.63) is 95.6 Å². The van der Waals surface area contributed by atoms with Gasteiger partial charge in [0.2, 0.25) is 5.95 Å². The first-order chi connectivity index (χ1) is 18.0. The van der Waals surface area contributed by atoms with Crippen molar-refractivity contribution in [2.45, 2.75) is 20.3 Å². The number of nitrogens with zero attached hydrogens (tertiary/aromatic N) is 6. The van der Waals surface area contributed by atoms with E-state index in [2.05, 4.69) is 25.3 Å². The van der Waals surface area contributed by atoms with Crippen LogP contribution in [0.1, 0.15) is 38.3 Å². The Kier molecular flexibility index (Phi) is 6.93. The maximum atomic E-state index is 13.2. The van der Waals surface area contributed by atoms with Gasteiger partial charge in [-0.3, -0.25) is 9.59 Å². The molecule has 1 saturated heterocycles. The minimum absolute atomic E-state index is 0.00395. The number of amides is 2. The molecule has 37 heavy (non-hydrogen) atoms. The van der Waals surface area contributed by atoms with Gasteiger partial charge in [0, 0.05) is 49.7 Å². The average molecular weight is 496 g/mol. The lowest BCUT2D eigenvalue weighted by molar-refractivity contribution is 0.0766. The fourth-order valence-electron chi connectivity index (χ4n) is 4.51. The van der Waals surface area contributed by atoms with Crippen molar-refractivity contribution in [3.63, 3.8) is 0 Å². The number of anilines is 2. The Balaban J connectivity index is 1.22. The lowest BCUT2D eigenvalue weighted by atomic mass is 10.1. The molecule has 2 amide bonds. The van der Waals surface area contributed by atoms with Crippen molar-refractivity contribution in [3.8, 4) is 5.69 Å². The second-order valence-corrected chi connectivity index (χ2v) is 9.17. The van der Waals surface area contributed by atoms with Crippen molar-refractivity contribution in [2.24, 2.45) is 0 Å². The van der Waals surface area contributed by atoms with Gasteiger partial charge in [0.05, 0.1) is 23.8 Å². The van der Waals surface area contributed by atoms with Gasteiger partial charge < -0.3 is 15.1 Å². The molecular formula is C28H29N7O2. The molecule has 1 aliphatic heterocycles. The smallest absolute Gasteiger partial charge is 0.256 e. The molecule has 0 spiro atoms. The van der Waals surface area contributed by atoms with Crippen LogP contribution in [-0.2, 0) is 0 Å². The molecule has 4 aromatic rings. The van der Waals surface area contributed by atoms with E-state index in [9.17, 15) is 9.59 Å². The largest absolute Gasteiger partial charge is 0.339 e. The number of aryl methyl sites for hydroxylation is 2. The monoisotopic (exact) mass is 495 g/mol. The molecule has 1 fully saturated rings. The molecule has 0 aliphatic carbocycles. The molecule has 0 radical (unpaired) electrons. The summed E-state index contributed by atoms with van der Waals surface area (Å²) < 4.78 is 1.68. The highest BCUT2D eigenvalue weighted by molar-refractivity contribution is 6.05. The lowest BCUT2D eigenvalue weighted by Crippen LogP contribution is -2.35. The molecule has 2 aromatic carbocycles. The molecule has 188 valence electrons. The van der Waals surface area contributed by atoms with Crippen molar-refractivity contribution in [1.82, 2.24) is 24.6 Å². The number of nitrogens with one attached hydrogen (secondary N) is 1. The van der Waals surface area contributed by atoms with Gasteiger partial charge in [-0.05, 0) is 62.2 Å². The molecule has 3 heterocycles. The van der Waals surface area contributed by atoms with E-state index < -0.39 is 0 Å². The normalized spacial score (nSPS) is 13.8. The molecule has 9 heteroatoms. The van der Waals surface area contributed by atoms with Gasteiger partial charge in [-0.2, -0.15) is 5.10 Å². The lowest BCUT2D eigenvalue weighted by Gasteiger charge is -2.22. The third-order valence-corrected chi connectivity index (χ3v) is 6.46. The van der Waals surface area contributed by atoms with Crippen molar-refractivity contribution < 1.29 is 9.59 Å². The number of carbonyl (C=O) groups is 2. The van der Waals surface area contributed by atoms with Crippen LogP contribution < -0.4 is 10.2 Å². The number of aromatic nitrogens is 4. The predicted molar refractivity (Wildman–Crippen MR) is 142 cm³/mol. The van der Waals surface area contributed by atoms with E-state index in [0.717, 1.165) is 29.8 Å². The molecule has 0 unspecified atom stereocenters. The minimum atomic E-state index is -0.173. The first-order valence-corrected chi connectivity index (χ1v) is 12.3. The fourth-order valence-corrected chi connectivity index (χ4v) is 4.51. The number of benzene rings is 2. The third kappa shape index (κ3) is 5.50. The highest BCUT2D eigenvalue weighted by Crippen LogP contribution is 2.18. The van der Waals surface area contributed by atoms with E-state index in [4.69, 9.17) is 0 Å². The van der Waals surface area contributed by atoms with Gasteiger partial charge in [-0.25, -0.2) is 14.6 Å². The van der Waals surface area contributed by atoms with Crippen molar-refractivity contribution in [1.29, 1.82) is 0 Å². The van der Waals surface area contributed by atoms with Crippen molar-refractivity contribution in [2.75, 3.05) is 36.4 Å². The second kappa shape index (κ2) is 10.6. The van der Waals surface area contributed by atoms with Crippen LogP contribution in [0, 0.1) is 13.8 Å². The van der Waals surface area contributed by atoms with Gasteiger partial charge in [-0.15, -0.1) is 0 Å². The highest BCUT2D eigenvalue weighted by Gasteiger charge is 2.21. The summed E-state index contributed by atoms with van der Waals surface area (Å²) in [5, 5.41) is 7.28. The van der Waals surface area contributed by atoms with Crippen molar-refractivity contribution >= 4 is 23.5 Å². The summed E-state index contributed by atoms with van der Waals surface area (Å²) in [4.78, 5) is 38.5. The zero-order valence-electron chi connectivity index (χ0n) is 21.0. The summed E-state index contributed by atoms with van der Waals surface area (Å²) in [5.74, 6) is 0.530. The van der Waals surface area contributed by atoms with Gasteiger partial charge in [0.25, 0.3) is 11.8 Å². The quantitative estimate of drug-likeness (QED) is 0.451. The maximum absolute atomic E-state index is 13.2. The van der Waals surface area contributed by atoms with E-state index in [1.165, 1.54) is 0 Å².